The van der Waals surface area contributed by atoms with Crippen molar-refractivity contribution in [2.75, 3.05) is 13.7 Å². The van der Waals surface area contributed by atoms with Crippen LogP contribution in [0.1, 0.15) is 33.6 Å². The van der Waals surface area contributed by atoms with Crippen LogP contribution in [0, 0.1) is 5.41 Å². The van der Waals surface area contributed by atoms with Crippen LogP contribution in [0.3, 0.4) is 0 Å². The Labute approximate surface area is 159 Å². The second-order valence-electron chi connectivity index (χ2n) is 7.89. The number of amides is 2. The predicted octanol–water partition coefficient (Wildman–Crippen LogP) is -1.56. The third-order valence-electron chi connectivity index (χ3n) is 4.25. The number of carbonyl (C=O) groups is 2. The number of allylic oxidation sites excluding steroid dienone is 1. The minimum atomic E-state index is -1.71. The Morgan fingerprint density at radius 2 is 1.89 bits per heavy atom. The molecular weight excluding hydrogens is 356 g/mol. The van der Waals surface area contributed by atoms with Crippen LogP contribution < -0.4 is 10.6 Å². The first-order valence-electron chi connectivity index (χ1n) is 8.98. The van der Waals surface area contributed by atoms with Crippen LogP contribution in [-0.4, -0.2) is 82.5 Å². The normalized spacial score (nSPS) is 26.0. The number of aliphatic hydroxyl groups excluding tert-OH is 4. The van der Waals surface area contributed by atoms with Gasteiger partial charge < -0.3 is 35.8 Å². The van der Waals surface area contributed by atoms with Crippen molar-refractivity contribution in [3.05, 3.63) is 12.2 Å². The molecule has 0 radical (unpaired) electrons. The lowest BCUT2D eigenvalue weighted by molar-refractivity contribution is -0.150. The smallest absolute Gasteiger partial charge is 0.252 e. The van der Waals surface area contributed by atoms with Gasteiger partial charge in [-0.1, -0.05) is 32.9 Å². The summed E-state index contributed by atoms with van der Waals surface area (Å²) in [7, 11) is 1.18. The maximum Gasteiger partial charge on any atom is 0.252 e. The molecule has 0 saturated carbocycles. The number of hydrogen-bond acceptors (Lipinski definition) is 7. The first-order chi connectivity index (χ1) is 12.5. The van der Waals surface area contributed by atoms with Crippen molar-refractivity contribution in [3.63, 3.8) is 0 Å². The molecule has 0 aromatic carbocycles. The average molecular weight is 388 g/mol. The van der Waals surface area contributed by atoms with Gasteiger partial charge in [-0.05, 0) is 18.3 Å². The SMILES string of the molecule is CO[C@@H](C(=O)N[C@@H]1CC[C@@H](O)CNC1=O)[C@H](O)[C@@H](O)[C@H](O)/C=C/C(C)(C)C. The van der Waals surface area contributed by atoms with Crippen LogP contribution in [-0.2, 0) is 14.3 Å². The third kappa shape index (κ3) is 7.55. The maximum absolute atomic E-state index is 12.4. The summed E-state index contributed by atoms with van der Waals surface area (Å²) in [5.74, 6) is -1.24. The lowest BCUT2D eigenvalue weighted by Gasteiger charge is -2.28. The van der Waals surface area contributed by atoms with Crippen LogP contribution in [0.4, 0.5) is 0 Å². The molecule has 6 atom stereocenters. The number of β-amino-alcohol motifs (C(OH)–C–C–N with tert-alkyl or cyclic N) is 1. The second kappa shape index (κ2) is 10.1. The van der Waals surface area contributed by atoms with Gasteiger partial charge in [-0.15, -0.1) is 0 Å². The fourth-order valence-electron chi connectivity index (χ4n) is 2.61. The monoisotopic (exact) mass is 388 g/mol. The largest absolute Gasteiger partial charge is 0.391 e. The van der Waals surface area contributed by atoms with Crippen molar-refractivity contribution < 1.29 is 34.8 Å². The molecule has 9 nitrogen and oxygen atoms in total. The van der Waals surface area contributed by atoms with Crippen molar-refractivity contribution >= 4 is 11.8 Å². The van der Waals surface area contributed by atoms with Crippen molar-refractivity contribution in [2.45, 2.75) is 70.2 Å². The van der Waals surface area contributed by atoms with E-state index in [1.165, 1.54) is 13.2 Å². The zero-order valence-corrected chi connectivity index (χ0v) is 16.3. The lowest BCUT2D eigenvalue weighted by Crippen LogP contribution is -2.55. The van der Waals surface area contributed by atoms with Gasteiger partial charge in [0.25, 0.3) is 5.91 Å². The van der Waals surface area contributed by atoms with E-state index in [1.54, 1.807) is 6.08 Å². The van der Waals surface area contributed by atoms with E-state index in [4.69, 9.17) is 4.74 Å². The summed E-state index contributed by atoms with van der Waals surface area (Å²) in [4.78, 5) is 24.4. The number of carbonyl (C=O) groups excluding carboxylic acids is 2. The molecule has 0 bridgehead atoms. The molecule has 0 aromatic heterocycles. The zero-order valence-electron chi connectivity index (χ0n) is 16.3. The average Bonchev–Trinajstić information content (AvgIpc) is 2.74. The highest BCUT2D eigenvalue weighted by molar-refractivity contribution is 5.89. The Bertz CT molecular complexity index is 532. The van der Waals surface area contributed by atoms with E-state index in [-0.39, 0.29) is 18.4 Å². The summed E-state index contributed by atoms with van der Waals surface area (Å²) in [6.45, 7) is 5.81. The number of nitrogens with one attached hydrogen (secondary N) is 2. The quantitative estimate of drug-likeness (QED) is 0.289. The van der Waals surface area contributed by atoms with E-state index in [2.05, 4.69) is 10.6 Å². The molecule has 1 heterocycles. The Morgan fingerprint density at radius 1 is 1.26 bits per heavy atom. The molecule has 156 valence electrons. The predicted molar refractivity (Wildman–Crippen MR) is 97.6 cm³/mol. The van der Waals surface area contributed by atoms with Gasteiger partial charge in [0, 0.05) is 13.7 Å². The number of methoxy groups -OCH3 is 1. The van der Waals surface area contributed by atoms with Gasteiger partial charge in [0.05, 0.1) is 6.10 Å². The molecule has 27 heavy (non-hydrogen) atoms. The van der Waals surface area contributed by atoms with Gasteiger partial charge in [-0.2, -0.15) is 0 Å². The molecule has 0 aromatic rings. The molecule has 2 amide bonds. The first-order valence-corrected chi connectivity index (χ1v) is 8.98. The molecular formula is C18H32N2O7. The molecule has 0 spiro atoms. The summed E-state index contributed by atoms with van der Waals surface area (Å²) in [6.07, 6.45) is -3.38. The Morgan fingerprint density at radius 3 is 2.44 bits per heavy atom. The highest BCUT2D eigenvalue weighted by Gasteiger charge is 2.37. The molecule has 1 aliphatic rings. The fourth-order valence-corrected chi connectivity index (χ4v) is 2.61. The Balaban J connectivity index is 2.75. The van der Waals surface area contributed by atoms with E-state index >= 15 is 0 Å². The first kappa shape index (κ1) is 23.5. The summed E-state index contributed by atoms with van der Waals surface area (Å²) in [5, 5.41) is 45.0. The van der Waals surface area contributed by atoms with Crippen LogP contribution in [0.15, 0.2) is 12.2 Å². The van der Waals surface area contributed by atoms with Gasteiger partial charge >= 0.3 is 0 Å². The topological polar surface area (TPSA) is 148 Å². The van der Waals surface area contributed by atoms with E-state index in [0.717, 1.165) is 0 Å². The van der Waals surface area contributed by atoms with E-state index < -0.39 is 48.4 Å². The second-order valence-corrected chi connectivity index (χ2v) is 7.89. The standard InChI is InChI=1S/C18H32N2O7/c1-18(2,3)8-7-12(22)13(23)14(24)15(27-4)17(26)20-11-6-5-10(21)9-19-16(11)25/h7-8,10-15,21-24H,5-6,9H2,1-4H3,(H,19,25)(H,20,26)/b8-7+/t10-,11-,12-,13+,14-,15-/m1/s1. The molecule has 6 N–H and O–H groups in total. The van der Waals surface area contributed by atoms with Crippen molar-refractivity contribution in [3.8, 4) is 0 Å². The summed E-state index contributed by atoms with van der Waals surface area (Å²) < 4.78 is 4.98. The van der Waals surface area contributed by atoms with E-state index in [0.29, 0.717) is 6.42 Å². The van der Waals surface area contributed by atoms with Crippen molar-refractivity contribution in [2.24, 2.45) is 5.41 Å². The van der Waals surface area contributed by atoms with Crippen molar-refractivity contribution in [1.29, 1.82) is 0 Å². The van der Waals surface area contributed by atoms with Gasteiger partial charge in [0.15, 0.2) is 6.10 Å². The number of hydrogen-bond donors (Lipinski definition) is 6. The zero-order chi connectivity index (χ0) is 20.8. The van der Waals surface area contributed by atoms with Crippen LogP contribution in [0.2, 0.25) is 0 Å². The minimum Gasteiger partial charge on any atom is -0.391 e. The molecule has 1 saturated heterocycles. The molecule has 1 fully saturated rings. The van der Waals surface area contributed by atoms with Crippen LogP contribution in [0.25, 0.3) is 0 Å². The molecule has 1 rings (SSSR count). The summed E-state index contributed by atoms with van der Waals surface area (Å²) in [6, 6.07) is -0.887. The fraction of sp³-hybridized carbons (Fsp3) is 0.778. The maximum atomic E-state index is 12.4. The van der Waals surface area contributed by atoms with E-state index in [9.17, 15) is 30.0 Å². The molecule has 1 aliphatic heterocycles. The van der Waals surface area contributed by atoms with Crippen LogP contribution >= 0.6 is 0 Å². The van der Waals surface area contributed by atoms with Gasteiger partial charge in [-0.3, -0.25) is 9.59 Å². The molecule has 0 aliphatic carbocycles. The highest BCUT2D eigenvalue weighted by atomic mass is 16.5. The van der Waals surface area contributed by atoms with Gasteiger partial charge in [0.1, 0.15) is 24.4 Å². The van der Waals surface area contributed by atoms with Crippen LogP contribution in [0.5, 0.6) is 0 Å². The van der Waals surface area contributed by atoms with Gasteiger partial charge in [-0.25, -0.2) is 0 Å². The van der Waals surface area contributed by atoms with E-state index in [1.807, 2.05) is 20.8 Å². The lowest BCUT2D eigenvalue weighted by atomic mass is 9.94. The molecule has 0 unspecified atom stereocenters. The highest BCUT2D eigenvalue weighted by Crippen LogP contribution is 2.17. The summed E-state index contributed by atoms with van der Waals surface area (Å²) in [5.41, 5.74) is -0.235. The Kier molecular flexibility index (Phi) is 8.83. The summed E-state index contributed by atoms with van der Waals surface area (Å²) >= 11 is 0. The minimum absolute atomic E-state index is 0.104. The number of ether oxygens (including phenoxy) is 1. The van der Waals surface area contributed by atoms with Gasteiger partial charge in [0.2, 0.25) is 5.91 Å². The van der Waals surface area contributed by atoms with Crippen molar-refractivity contribution in [1.82, 2.24) is 10.6 Å². The molecule has 9 heteroatoms. The third-order valence-corrected chi connectivity index (χ3v) is 4.25. The Hall–Kier alpha value is -1.52. The number of aliphatic hydroxyl groups is 4. The number of rotatable bonds is 7.